The first-order chi connectivity index (χ1) is 14.9. The minimum absolute atomic E-state index is 0.0603. The Hall–Kier alpha value is -3.38. The van der Waals surface area contributed by atoms with Crippen LogP contribution < -0.4 is 4.74 Å². The van der Waals surface area contributed by atoms with E-state index < -0.39 is 11.4 Å². The van der Waals surface area contributed by atoms with Crippen LogP contribution in [-0.2, 0) is 17.2 Å². The third-order valence-corrected chi connectivity index (χ3v) is 7.47. The van der Waals surface area contributed by atoms with Gasteiger partial charge < -0.3 is 14.0 Å². The number of ether oxygens (including phenoxy) is 2. The van der Waals surface area contributed by atoms with Crippen molar-refractivity contribution in [2.75, 3.05) is 14.2 Å². The van der Waals surface area contributed by atoms with Gasteiger partial charge >= 0.3 is 5.97 Å². The van der Waals surface area contributed by atoms with Crippen molar-refractivity contribution in [2.24, 2.45) is 7.05 Å². The van der Waals surface area contributed by atoms with E-state index in [1.54, 1.807) is 7.11 Å². The van der Waals surface area contributed by atoms with Crippen molar-refractivity contribution in [3.8, 4) is 5.75 Å². The molecular weight excluding hydrogens is 410 g/mol. The molecule has 0 amide bonds. The first kappa shape index (κ1) is 19.6. The fraction of sp³-hybridized carbons (Fsp3) is 0.200. The molecule has 0 bridgehead atoms. The molecule has 5 nitrogen and oxygen atoms in total. The van der Waals surface area contributed by atoms with Crippen LogP contribution in [0.15, 0.2) is 54.6 Å². The maximum absolute atomic E-state index is 13.7. The van der Waals surface area contributed by atoms with Crippen LogP contribution in [0.25, 0.3) is 10.9 Å². The van der Waals surface area contributed by atoms with Crippen LogP contribution in [0.1, 0.15) is 48.7 Å². The highest BCUT2D eigenvalue weighted by atomic mass is 32.1. The Morgan fingerprint density at radius 1 is 1.06 bits per heavy atom. The number of fused-ring (bicyclic) bond motifs is 4. The average Bonchev–Trinajstić information content (AvgIpc) is 3.39. The number of hydrogen-bond donors (Lipinski definition) is 0. The first-order valence-corrected chi connectivity index (χ1v) is 10.7. The van der Waals surface area contributed by atoms with Gasteiger partial charge in [-0.05, 0) is 42.3 Å². The molecule has 5 rings (SSSR count). The van der Waals surface area contributed by atoms with Crippen molar-refractivity contribution in [2.45, 2.75) is 12.3 Å². The van der Waals surface area contributed by atoms with Gasteiger partial charge in [-0.15, -0.1) is 11.3 Å². The van der Waals surface area contributed by atoms with Crippen LogP contribution in [-0.4, -0.2) is 30.5 Å². The molecule has 31 heavy (non-hydrogen) atoms. The number of carbonyl (C=O) groups excluding carboxylic acids is 2. The Balaban J connectivity index is 1.90. The SMILES string of the molecule is COC(=O)c1cc2c(s1)C(=O)c1c(c3ccccc3n1C)C2(C)c1ccc(OC)cc1. The molecule has 0 aliphatic heterocycles. The van der Waals surface area contributed by atoms with E-state index in [4.69, 9.17) is 9.47 Å². The summed E-state index contributed by atoms with van der Waals surface area (Å²) in [7, 11) is 4.92. The lowest BCUT2D eigenvalue weighted by molar-refractivity contribution is 0.0606. The summed E-state index contributed by atoms with van der Waals surface area (Å²) < 4.78 is 12.3. The van der Waals surface area contributed by atoms with E-state index in [1.165, 1.54) is 18.4 Å². The summed E-state index contributed by atoms with van der Waals surface area (Å²) in [6, 6.07) is 17.8. The van der Waals surface area contributed by atoms with Crippen LogP contribution >= 0.6 is 11.3 Å². The van der Waals surface area contributed by atoms with Gasteiger partial charge in [0.15, 0.2) is 0 Å². The topological polar surface area (TPSA) is 57.5 Å². The standard InChI is InChI=1S/C25H21NO4S/c1-25(14-9-11-15(29-3)12-10-14)17-13-19(24(28)30-4)31-23(17)22(27)21-20(25)16-7-5-6-8-18(16)26(21)2/h5-13H,1-4H3. The van der Waals surface area contributed by atoms with E-state index >= 15 is 0 Å². The monoisotopic (exact) mass is 431 g/mol. The van der Waals surface area contributed by atoms with Crippen molar-refractivity contribution >= 4 is 34.0 Å². The molecule has 0 saturated heterocycles. The van der Waals surface area contributed by atoms with Crippen LogP contribution in [0, 0.1) is 0 Å². The quantitative estimate of drug-likeness (QED) is 0.432. The molecule has 1 unspecified atom stereocenters. The third kappa shape index (κ3) is 2.55. The maximum Gasteiger partial charge on any atom is 0.348 e. The van der Waals surface area contributed by atoms with Gasteiger partial charge in [-0.1, -0.05) is 30.3 Å². The highest BCUT2D eigenvalue weighted by Crippen LogP contribution is 2.51. The lowest BCUT2D eigenvalue weighted by Gasteiger charge is -2.35. The molecular formula is C25H21NO4S. The molecule has 156 valence electrons. The highest BCUT2D eigenvalue weighted by Gasteiger charge is 2.46. The minimum Gasteiger partial charge on any atom is -0.497 e. The van der Waals surface area contributed by atoms with Gasteiger partial charge in [0.05, 0.1) is 24.8 Å². The van der Waals surface area contributed by atoms with Crippen LogP contribution in [0.4, 0.5) is 0 Å². The number of carbonyl (C=O) groups is 2. The van der Waals surface area contributed by atoms with E-state index in [1.807, 2.05) is 60.1 Å². The molecule has 6 heteroatoms. The number of ketones is 1. The van der Waals surface area contributed by atoms with Gasteiger partial charge in [0.25, 0.3) is 0 Å². The molecule has 2 aromatic carbocycles. The molecule has 1 aliphatic rings. The van der Waals surface area contributed by atoms with Gasteiger partial charge in [0.1, 0.15) is 10.6 Å². The Kier molecular flexibility index (Phi) is 4.31. The molecule has 2 aromatic heterocycles. The number of benzene rings is 2. The summed E-state index contributed by atoms with van der Waals surface area (Å²) in [5.41, 5.74) is 3.84. The van der Waals surface area contributed by atoms with Crippen molar-refractivity contribution in [1.29, 1.82) is 0 Å². The van der Waals surface area contributed by atoms with E-state index in [-0.39, 0.29) is 5.78 Å². The number of para-hydroxylation sites is 1. The number of hydrogen-bond acceptors (Lipinski definition) is 5. The van der Waals surface area contributed by atoms with Gasteiger partial charge in [-0.3, -0.25) is 4.79 Å². The zero-order valence-corrected chi connectivity index (χ0v) is 18.5. The first-order valence-electron chi connectivity index (χ1n) is 9.91. The molecule has 0 spiro atoms. The van der Waals surface area contributed by atoms with Crippen molar-refractivity contribution in [3.05, 3.63) is 86.7 Å². The molecule has 1 aliphatic carbocycles. The molecule has 0 fully saturated rings. The summed E-state index contributed by atoms with van der Waals surface area (Å²) in [6.07, 6.45) is 0. The normalized spacial score (nSPS) is 17.4. The predicted molar refractivity (Wildman–Crippen MR) is 121 cm³/mol. The second-order valence-electron chi connectivity index (χ2n) is 7.83. The lowest BCUT2D eigenvalue weighted by atomic mass is 9.66. The van der Waals surface area contributed by atoms with Crippen LogP contribution in [0.3, 0.4) is 0 Å². The molecule has 1 atom stereocenters. The summed E-state index contributed by atoms with van der Waals surface area (Å²) in [4.78, 5) is 27.0. The molecule has 2 heterocycles. The Morgan fingerprint density at radius 3 is 2.45 bits per heavy atom. The summed E-state index contributed by atoms with van der Waals surface area (Å²) in [5, 5.41) is 1.03. The van der Waals surface area contributed by atoms with Gasteiger partial charge in [0.2, 0.25) is 5.78 Å². The maximum atomic E-state index is 13.7. The smallest absolute Gasteiger partial charge is 0.348 e. The number of esters is 1. The zero-order chi connectivity index (χ0) is 21.9. The molecule has 0 saturated carbocycles. The number of aromatic nitrogens is 1. The van der Waals surface area contributed by atoms with Gasteiger partial charge in [-0.2, -0.15) is 0 Å². The van der Waals surface area contributed by atoms with Crippen LogP contribution in [0.2, 0.25) is 0 Å². The van der Waals surface area contributed by atoms with Gasteiger partial charge in [-0.25, -0.2) is 4.79 Å². The van der Waals surface area contributed by atoms with Crippen molar-refractivity contribution < 1.29 is 19.1 Å². The molecule has 4 aromatic rings. The van der Waals surface area contributed by atoms with Crippen LogP contribution in [0.5, 0.6) is 5.75 Å². The minimum atomic E-state index is -0.630. The van der Waals surface area contributed by atoms with Crippen molar-refractivity contribution in [3.63, 3.8) is 0 Å². The molecule has 0 N–H and O–H groups in total. The van der Waals surface area contributed by atoms with E-state index in [0.717, 1.165) is 33.3 Å². The largest absolute Gasteiger partial charge is 0.497 e. The number of nitrogens with zero attached hydrogens (tertiary/aromatic N) is 1. The Bertz CT molecular complexity index is 1360. The summed E-state index contributed by atoms with van der Waals surface area (Å²) in [5.74, 6) is 0.270. The van der Waals surface area contributed by atoms with Crippen molar-refractivity contribution in [1.82, 2.24) is 4.57 Å². The summed E-state index contributed by atoms with van der Waals surface area (Å²) >= 11 is 1.20. The highest BCUT2D eigenvalue weighted by molar-refractivity contribution is 7.16. The zero-order valence-electron chi connectivity index (χ0n) is 17.7. The Morgan fingerprint density at radius 2 is 1.77 bits per heavy atom. The number of aryl methyl sites for hydroxylation is 1. The number of methoxy groups -OCH3 is 2. The van der Waals surface area contributed by atoms with Gasteiger partial charge in [0, 0.05) is 28.9 Å². The molecule has 0 radical (unpaired) electrons. The van der Waals surface area contributed by atoms with E-state index in [0.29, 0.717) is 15.4 Å². The predicted octanol–water partition coefficient (Wildman–Crippen LogP) is 4.93. The Labute approximate surface area is 183 Å². The average molecular weight is 432 g/mol. The number of thiophene rings is 1. The third-order valence-electron chi connectivity index (χ3n) is 6.35. The van der Waals surface area contributed by atoms with E-state index in [9.17, 15) is 9.59 Å². The van der Waals surface area contributed by atoms with E-state index in [2.05, 4.69) is 13.0 Å². The fourth-order valence-corrected chi connectivity index (χ4v) is 5.89. The number of rotatable bonds is 3. The second-order valence-corrected chi connectivity index (χ2v) is 8.88. The lowest BCUT2D eigenvalue weighted by Crippen LogP contribution is -2.33. The fourth-order valence-electron chi connectivity index (χ4n) is 4.76. The second kappa shape index (κ2) is 6.82. The summed E-state index contributed by atoms with van der Waals surface area (Å²) in [6.45, 7) is 2.12.